The van der Waals surface area contributed by atoms with Crippen LogP contribution in [0.1, 0.15) is 30.9 Å². The fourth-order valence-electron chi connectivity index (χ4n) is 4.49. The minimum absolute atomic E-state index is 0.0233. The molecule has 1 aliphatic heterocycles. The van der Waals surface area contributed by atoms with Gasteiger partial charge < -0.3 is 16.1 Å². The number of fused-ring (bicyclic) bond motifs is 1. The normalized spacial score (nSPS) is 20.5. The standard InChI is InChI=1S/C20H26N6O2/c1-12-17(24-8-7-13(11-24)14(9-21)10-23-2)6-5-16-18(12)25(15-3-4-15)20(28)26(22)19(16)27/h5-6,13-15,23H,3-4,7-8,10-11,22H2,1-2H3. The Morgan fingerprint density at radius 2 is 2.07 bits per heavy atom. The van der Waals surface area contributed by atoms with Crippen LogP contribution in [-0.2, 0) is 0 Å². The molecule has 2 fully saturated rings. The third-order valence-corrected chi connectivity index (χ3v) is 6.14. The first-order chi connectivity index (χ1) is 13.5. The van der Waals surface area contributed by atoms with Crippen molar-refractivity contribution in [1.82, 2.24) is 14.6 Å². The van der Waals surface area contributed by atoms with Gasteiger partial charge in [0.15, 0.2) is 0 Å². The Bertz CT molecular complexity index is 1080. The molecule has 0 amide bonds. The zero-order valence-corrected chi connectivity index (χ0v) is 16.3. The first-order valence-electron chi connectivity index (χ1n) is 9.83. The van der Waals surface area contributed by atoms with Gasteiger partial charge in [-0.05, 0) is 56.8 Å². The van der Waals surface area contributed by atoms with Gasteiger partial charge in [-0.1, -0.05) is 0 Å². The number of nitrogen functional groups attached to an aromatic ring is 1. The van der Waals surface area contributed by atoms with Crippen LogP contribution < -0.4 is 27.3 Å². The van der Waals surface area contributed by atoms with Gasteiger partial charge in [-0.15, -0.1) is 0 Å². The Balaban J connectivity index is 1.78. The molecule has 1 aliphatic carbocycles. The van der Waals surface area contributed by atoms with Gasteiger partial charge >= 0.3 is 5.69 Å². The van der Waals surface area contributed by atoms with E-state index in [0.717, 1.165) is 48.3 Å². The van der Waals surface area contributed by atoms with Crippen molar-refractivity contribution < 1.29 is 0 Å². The molecule has 8 heteroatoms. The van der Waals surface area contributed by atoms with Crippen molar-refractivity contribution in [3.8, 4) is 6.07 Å². The second-order valence-corrected chi connectivity index (χ2v) is 7.95. The summed E-state index contributed by atoms with van der Waals surface area (Å²) in [6.07, 6.45) is 2.81. The van der Waals surface area contributed by atoms with E-state index < -0.39 is 11.2 Å². The maximum atomic E-state index is 12.7. The van der Waals surface area contributed by atoms with E-state index in [-0.39, 0.29) is 12.0 Å². The Kier molecular flexibility index (Phi) is 4.63. The second-order valence-electron chi connectivity index (χ2n) is 7.95. The summed E-state index contributed by atoms with van der Waals surface area (Å²) < 4.78 is 2.42. The average Bonchev–Trinajstić information content (AvgIpc) is 3.41. The number of hydrogen-bond donors (Lipinski definition) is 2. The highest BCUT2D eigenvalue weighted by molar-refractivity contribution is 5.87. The molecule has 2 aliphatic rings. The molecule has 1 saturated carbocycles. The molecule has 3 N–H and O–H groups in total. The molecule has 8 nitrogen and oxygen atoms in total. The smallest absolute Gasteiger partial charge is 0.350 e. The first kappa shape index (κ1) is 18.6. The minimum atomic E-state index is -0.454. The molecule has 2 unspecified atom stereocenters. The Hall–Kier alpha value is -2.79. The van der Waals surface area contributed by atoms with Gasteiger partial charge in [0, 0.05) is 31.4 Å². The van der Waals surface area contributed by atoms with E-state index in [1.165, 1.54) is 0 Å². The largest absolute Gasteiger partial charge is 0.371 e. The molecule has 0 bridgehead atoms. The quantitative estimate of drug-likeness (QED) is 0.737. The van der Waals surface area contributed by atoms with Crippen LogP contribution in [0.15, 0.2) is 21.7 Å². The average molecular weight is 382 g/mol. The summed E-state index contributed by atoms with van der Waals surface area (Å²) >= 11 is 0. The van der Waals surface area contributed by atoms with Crippen molar-refractivity contribution in [2.45, 2.75) is 32.2 Å². The third kappa shape index (κ3) is 2.87. The van der Waals surface area contributed by atoms with Crippen LogP contribution >= 0.6 is 0 Å². The number of nitrogens with zero attached hydrogens (tertiary/aromatic N) is 4. The van der Waals surface area contributed by atoms with Gasteiger partial charge in [0.2, 0.25) is 0 Å². The van der Waals surface area contributed by atoms with Crippen LogP contribution in [0.3, 0.4) is 0 Å². The van der Waals surface area contributed by atoms with Crippen LogP contribution in [0.4, 0.5) is 5.69 Å². The van der Waals surface area contributed by atoms with E-state index in [9.17, 15) is 14.9 Å². The summed E-state index contributed by atoms with van der Waals surface area (Å²) in [4.78, 5) is 27.5. The summed E-state index contributed by atoms with van der Waals surface area (Å²) in [5, 5.41) is 13.1. The molecule has 2 heterocycles. The summed E-state index contributed by atoms with van der Waals surface area (Å²) in [6.45, 7) is 4.32. The van der Waals surface area contributed by atoms with Crippen LogP contribution in [0.2, 0.25) is 0 Å². The summed E-state index contributed by atoms with van der Waals surface area (Å²) in [7, 11) is 1.87. The van der Waals surface area contributed by atoms with Crippen LogP contribution in [0, 0.1) is 30.1 Å². The van der Waals surface area contributed by atoms with Crippen molar-refractivity contribution in [3.63, 3.8) is 0 Å². The highest BCUT2D eigenvalue weighted by atomic mass is 16.2. The lowest BCUT2D eigenvalue weighted by molar-refractivity contribution is 0.427. The number of aryl methyl sites for hydroxylation is 1. The number of hydrogen-bond acceptors (Lipinski definition) is 6. The number of benzene rings is 1. The van der Waals surface area contributed by atoms with E-state index in [2.05, 4.69) is 16.3 Å². The maximum Gasteiger partial charge on any atom is 0.350 e. The van der Waals surface area contributed by atoms with Gasteiger partial charge in [0.25, 0.3) is 5.56 Å². The Morgan fingerprint density at radius 1 is 1.32 bits per heavy atom. The fraction of sp³-hybridized carbons (Fsp3) is 0.550. The van der Waals surface area contributed by atoms with E-state index in [1.807, 2.05) is 20.0 Å². The molecule has 1 saturated heterocycles. The number of anilines is 1. The van der Waals surface area contributed by atoms with Crippen molar-refractivity contribution >= 4 is 16.6 Å². The molecule has 4 rings (SSSR count). The molecule has 148 valence electrons. The van der Waals surface area contributed by atoms with E-state index in [0.29, 0.717) is 23.4 Å². The molecule has 2 aromatic rings. The molecule has 0 spiro atoms. The summed E-state index contributed by atoms with van der Waals surface area (Å²) in [5.41, 5.74) is 1.76. The van der Waals surface area contributed by atoms with Crippen molar-refractivity contribution in [2.75, 3.05) is 37.4 Å². The number of nitrogens with two attached hydrogens (primary N) is 1. The molecule has 1 aromatic heterocycles. The predicted octanol–water partition coefficient (Wildman–Crippen LogP) is 0.706. The molecular formula is C20H26N6O2. The monoisotopic (exact) mass is 382 g/mol. The van der Waals surface area contributed by atoms with Crippen LogP contribution in [-0.4, -0.2) is 35.9 Å². The predicted molar refractivity (Wildman–Crippen MR) is 109 cm³/mol. The summed E-state index contributed by atoms with van der Waals surface area (Å²) in [5.74, 6) is 6.02. The Morgan fingerprint density at radius 3 is 2.71 bits per heavy atom. The van der Waals surface area contributed by atoms with E-state index >= 15 is 0 Å². The van der Waals surface area contributed by atoms with Gasteiger partial charge in [0.05, 0.1) is 22.9 Å². The van der Waals surface area contributed by atoms with Crippen molar-refractivity contribution in [1.29, 1.82) is 5.26 Å². The van der Waals surface area contributed by atoms with Crippen LogP contribution in [0.5, 0.6) is 0 Å². The lowest BCUT2D eigenvalue weighted by atomic mass is 9.93. The molecule has 28 heavy (non-hydrogen) atoms. The number of nitriles is 1. The number of rotatable bonds is 5. The zero-order valence-electron chi connectivity index (χ0n) is 16.3. The SMILES string of the molecule is CNCC(C#N)C1CCN(c2ccc3c(=O)n(N)c(=O)n(C4CC4)c3c2C)C1. The van der Waals surface area contributed by atoms with Crippen molar-refractivity contribution in [3.05, 3.63) is 38.5 Å². The second kappa shape index (κ2) is 6.99. The number of aromatic nitrogens is 2. The van der Waals surface area contributed by atoms with E-state index in [4.69, 9.17) is 5.84 Å². The van der Waals surface area contributed by atoms with Crippen molar-refractivity contribution in [2.24, 2.45) is 11.8 Å². The van der Waals surface area contributed by atoms with Crippen LogP contribution in [0.25, 0.3) is 10.9 Å². The highest BCUT2D eigenvalue weighted by Crippen LogP contribution is 2.38. The molecule has 0 radical (unpaired) electrons. The molecule has 1 aromatic carbocycles. The van der Waals surface area contributed by atoms with E-state index in [1.54, 1.807) is 10.6 Å². The summed E-state index contributed by atoms with van der Waals surface area (Å²) in [6, 6.07) is 6.27. The third-order valence-electron chi connectivity index (χ3n) is 6.14. The van der Waals surface area contributed by atoms with Gasteiger partial charge in [-0.3, -0.25) is 9.36 Å². The molecule has 2 atom stereocenters. The first-order valence-corrected chi connectivity index (χ1v) is 9.83. The van der Waals surface area contributed by atoms with Gasteiger partial charge in [0.1, 0.15) is 0 Å². The molecular weight excluding hydrogens is 356 g/mol. The number of nitrogens with one attached hydrogen (secondary N) is 1. The highest BCUT2D eigenvalue weighted by Gasteiger charge is 2.32. The minimum Gasteiger partial charge on any atom is -0.371 e. The lowest BCUT2D eigenvalue weighted by Crippen LogP contribution is -2.44. The maximum absolute atomic E-state index is 12.7. The topological polar surface area (TPSA) is 109 Å². The fourth-order valence-corrected chi connectivity index (χ4v) is 4.49. The van der Waals surface area contributed by atoms with Gasteiger partial charge in [-0.2, -0.15) is 9.94 Å². The Labute approximate surface area is 163 Å². The lowest BCUT2D eigenvalue weighted by Gasteiger charge is -2.24. The van der Waals surface area contributed by atoms with Gasteiger partial charge in [-0.25, -0.2) is 4.79 Å². The zero-order chi connectivity index (χ0) is 20.0.